The summed E-state index contributed by atoms with van der Waals surface area (Å²) in [5.74, 6) is 1.09. The highest BCUT2D eigenvalue weighted by atomic mass is 16.5. The Morgan fingerprint density at radius 2 is 1.71 bits per heavy atom. The number of alkyl carbamates (subject to hydrolysis) is 1. The van der Waals surface area contributed by atoms with Crippen molar-refractivity contribution in [2.75, 3.05) is 33.9 Å². The molecule has 1 saturated heterocycles. The smallest absolute Gasteiger partial charge is 0.407 e. The topological polar surface area (TPSA) is 77.1 Å². The van der Waals surface area contributed by atoms with Gasteiger partial charge in [0.2, 0.25) is 0 Å². The molecular weight excluding hydrogens is 312 g/mol. The van der Waals surface area contributed by atoms with Gasteiger partial charge in [-0.25, -0.2) is 4.79 Å². The number of piperidine rings is 1. The van der Waals surface area contributed by atoms with Crippen LogP contribution in [0.5, 0.6) is 11.5 Å². The van der Waals surface area contributed by atoms with Gasteiger partial charge >= 0.3 is 6.09 Å². The molecule has 2 amide bonds. The van der Waals surface area contributed by atoms with Gasteiger partial charge in [-0.1, -0.05) is 0 Å². The highest BCUT2D eigenvalue weighted by Gasteiger charge is 2.25. The minimum Gasteiger partial charge on any atom is -0.497 e. The Labute approximate surface area is 141 Å². The van der Waals surface area contributed by atoms with E-state index in [0.717, 1.165) is 0 Å². The van der Waals surface area contributed by atoms with Gasteiger partial charge in [0.05, 0.1) is 20.8 Å². The molecule has 0 saturated carbocycles. The molecule has 1 aromatic rings. The van der Waals surface area contributed by atoms with Crippen LogP contribution in [0.4, 0.5) is 4.79 Å². The molecule has 0 atom stereocenters. The van der Waals surface area contributed by atoms with Crippen molar-refractivity contribution in [3.05, 3.63) is 23.8 Å². The average molecular weight is 336 g/mol. The fourth-order valence-electron chi connectivity index (χ4n) is 2.68. The molecule has 0 aromatic heterocycles. The highest BCUT2D eigenvalue weighted by molar-refractivity contribution is 5.95. The molecule has 1 aliphatic heterocycles. The van der Waals surface area contributed by atoms with E-state index >= 15 is 0 Å². The number of ether oxygens (including phenoxy) is 3. The van der Waals surface area contributed by atoms with E-state index in [9.17, 15) is 9.59 Å². The first-order valence-corrected chi connectivity index (χ1v) is 8.03. The molecular formula is C17H24N2O5. The van der Waals surface area contributed by atoms with E-state index in [0.29, 0.717) is 49.6 Å². The number of rotatable bonds is 5. The maximum absolute atomic E-state index is 12.7. The van der Waals surface area contributed by atoms with Crippen molar-refractivity contribution in [1.29, 1.82) is 0 Å². The molecule has 24 heavy (non-hydrogen) atoms. The van der Waals surface area contributed by atoms with E-state index in [1.54, 1.807) is 44.2 Å². The summed E-state index contributed by atoms with van der Waals surface area (Å²) in [5, 5.41) is 2.82. The Morgan fingerprint density at radius 3 is 2.21 bits per heavy atom. The number of carbonyl (C=O) groups excluding carboxylic acids is 2. The van der Waals surface area contributed by atoms with Crippen molar-refractivity contribution < 1.29 is 23.8 Å². The Morgan fingerprint density at radius 1 is 1.12 bits per heavy atom. The van der Waals surface area contributed by atoms with Crippen LogP contribution in [0.2, 0.25) is 0 Å². The molecule has 0 radical (unpaired) electrons. The molecule has 1 aliphatic rings. The molecule has 2 rings (SSSR count). The summed E-state index contributed by atoms with van der Waals surface area (Å²) in [5.41, 5.74) is 0.531. The highest BCUT2D eigenvalue weighted by Crippen LogP contribution is 2.24. The van der Waals surface area contributed by atoms with Crippen molar-refractivity contribution in [3.8, 4) is 11.5 Å². The Kier molecular flexibility index (Phi) is 6.28. The summed E-state index contributed by atoms with van der Waals surface area (Å²) in [4.78, 5) is 25.9. The number of nitrogens with zero attached hydrogens (tertiary/aromatic N) is 1. The van der Waals surface area contributed by atoms with Gasteiger partial charge in [0.1, 0.15) is 11.5 Å². The van der Waals surface area contributed by atoms with Crippen LogP contribution in [0, 0.1) is 0 Å². The third-order valence-corrected chi connectivity index (χ3v) is 3.98. The van der Waals surface area contributed by atoms with Gasteiger partial charge in [-0.15, -0.1) is 0 Å². The summed E-state index contributed by atoms with van der Waals surface area (Å²) in [6.07, 6.45) is 0.997. The standard InChI is InChI=1S/C17H24N2O5/c1-4-24-17(21)18-13-5-7-19(8-6-13)16(20)12-9-14(22-2)11-15(10-12)23-3/h9-11,13H,4-8H2,1-3H3,(H,18,21). The number of benzene rings is 1. The van der Waals surface area contributed by atoms with Crippen LogP contribution in [-0.4, -0.2) is 56.9 Å². The largest absolute Gasteiger partial charge is 0.497 e. The third-order valence-electron chi connectivity index (χ3n) is 3.98. The van der Waals surface area contributed by atoms with Crippen LogP contribution in [0.25, 0.3) is 0 Å². The zero-order valence-electron chi connectivity index (χ0n) is 14.3. The van der Waals surface area contributed by atoms with Gasteiger partial charge in [0.25, 0.3) is 5.91 Å². The van der Waals surface area contributed by atoms with Crippen molar-refractivity contribution in [1.82, 2.24) is 10.2 Å². The van der Waals surface area contributed by atoms with Gasteiger partial charge in [-0.2, -0.15) is 0 Å². The van der Waals surface area contributed by atoms with Crippen LogP contribution in [0.3, 0.4) is 0 Å². The number of likely N-dealkylation sites (tertiary alicyclic amines) is 1. The zero-order chi connectivity index (χ0) is 17.5. The molecule has 0 unspecified atom stereocenters. The normalized spacial score (nSPS) is 14.9. The number of nitrogens with one attached hydrogen (secondary N) is 1. The van der Waals surface area contributed by atoms with Gasteiger partial charge < -0.3 is 24.4 Å². The number of hydrogen-bond acceptors (Lipinski definition) is 5. The van der Waals surface area contributed by atoms with E-state index in [1.165, 1.54) is 0 Å². The van der Waals surface area contributed by atoms with E-state index in [4.69, 9.17) is 14.2 Å². The number of hydrogen-bond donors (Lipinski definition) is 1. The van der Waals surface area contributed by atoms with Crippen LogP contribution >= 0.6 is 0 Å². The maximum Gasteiger partial charge on any atom is 0.407 e. The predicted molar refractivity (Wildman–Crippen MR) is 88.6 cm³/mol. The van der Waals surface area contributed by atoms with Gasteiger partial charge in [-0.05, 0) is 31.9 Å². The molecule has 1 heterocycles. The van der Waals surface area contributed by atoms with Crippen LogP contribution in [-0.2, 0) is 4.74 Å². The number of methoxy groups -OCH3 is 2. The van der Waals surface area contributed by atoms with Crippen molar-refractivity contribution in [2.24, 2.45) is 0 Å². The van der Waals surface area contributed by atoms with Crippen molar-refractivity contribution in [2.45, 2.75) is 25.8 Å². The minimum absolute atomic E-state index is 0.0351. The average Bonchev–Trinajstić information content (AvgIpc) is 2.61. The molecule has 0 aliphatic carbocycles. The summed E-state index contributed by atoms with van der Waals surface area (Å²) < 4.78 is 15.3. The number of amides is 2. The maximum atomic E-state index is 12.7. The van der Waals surface area contributed by atoms with E-state index in [2.05, 4.69) is 5.32 Å². The molecule has 1 N–H and O–H groups in total. The lowest BCUT2D eigenvalue weighted by molar-refractivity contribution is 0.0702. The van der Waals surface area contributed by atoms with Crippen LogP contribution in [0.1, 0.15) is 30.1 Å². The lowest BCUT2D eigenvalue weighted by atomic mass is 10.0. The minimum atomic E-state index is -0.403. The SMILES string of the molecule is CCOC(=O)NC1CCN(C(=O)c2cc(OC)cc(OC)c2)CC1. The lowest BCUT2D eigenvalue weighted by Gasteiger charge is -2.32. The van der Waals surface area contributed by atoms with E-state index in [1.807, 2.05) is 0 Å². The predicted octanol–water partition coefficient (Wildman–Crippen LogP) is 2.05. The monoisotopic (exact) mass is 336 g/mol. The molecule has 132 valence electrons. The summed E-state index contributed by atoms with van der Waals surface area (Å²) in [7, 11) is 3.10. The quantitative estimate of drug-likeness (QED) is 0.890. The van der Waals surface area contributed by atoms with Gasteiger partial charge in [0.15, 0.2) is 0 Å². The molecule has 0 spiro atoms. The van der Waals surface area contributed by atoms with Crippen molar-refractivity contribution in [3.63, 3.8) is 0 Å². The summed E-state index contributed by atoms with van der Waals surface area (Å²) >= 11 is 0. The molecule has 1 aromatic carbocycles. The second-order valence-electron chi connectivity index (χ2n) is 5.53. The first-order valence-electron chi connectivity index (χ1n) is 8.03. The molecule has 1 fully saturated rings. The van der Waals surface area contributed by atoms with E-state index < -0.39 is 6.09 Å². The number of carbonyl (C=O) groups is 2. The van der Waals surface area contributed by atoms with E-state index in [-0.39, 0.29) is 11.9 Å². The van der Waals surface area contributed by atoms with Crippen molar-refractivity contribution >= 4 is 12.0 Å². The summed E-state index contributed by atoms with van der Waals surface area (Å²) in [6, 6.07) is 5.17. The van der Waals surface area contributed by atoms with Crippen LogP contribution in [0.15, 0.2) is 18.2 Å². The zero-order valence-corrected chi connectivity index (χ0v) is 14.3. The third kappa shape index (κ3) is 4.53. The first kappa shape index (κ1) is 17.9. The fourth-order valence-corrected chi connectivity index (χ4v) is 2.68. The fraction of sp³-hybridized carbons (Fsp3) is 0.529. The Hall–Kier alpha value is -2.44. The van der Waals surface area contributed by atoms with Gasteiger partial charge in [-0.3, -0.25) is 4.79 Å². The second-order valence-corrected chi connectivity index (χ2v) is 5.53. The molecule has 7 heteroatoms. The molecule has 7 nitrogen and oxygen atoms in total. The Bertz CT molecular complexity index is 560. The van der Waals surface area contributed by atoms with Crippen LogP contribution < -0.4 is 14.8 Å². The summed E-state index contributed by atoms with van der Waals surface area (Å²) in [6.45, 7) is 3.27. The lowest BCUT2D eigenvalue weighted by Crippen LogP contribution is -2.46. The first-order chi connectivity index (χ1) is 11.6. The molecule has 0 bridgehead atoms. The Balaban J connectivity index is 1.96. The van der Waals surface area contributed by atoms with Gasteiger partial charge in [0, 0.05) is 30.8 Å². The second kappa shape index (κ2) is 8.42.